The van der Waals surface area contributed by atoms with E-state index in [-0.39, 0.29) is 24.1 Å². The normalized spacial score (nSPS) is 30.2. The molecule has 2 aliphatic rings. The third-order valence-corrected chi connectivity index (χ3v) is 4.36. The molecule has 3 rings (SSSR count). The third-order valence-electron chi connectivity index (χ3n) is 4.11. The van der Waals surface area contributed by atoms with Gasteiger partial charge in [0.05, 0.1) is 12.1 Å². The average Bonchev–Trinajstić information content (AvgIpc) is 3.01. The van der Waals surface area contributed by atoms with Crippen LogP contribution in [0, 0.1) is 0 Å². The molecular formula is C15H19ClN2O2. The van der Waals surface area contributed by atoms with Gasteiger partial charge in [0, 0.05) is 30.6 Å². The molecule has 0 aliphatic carbocycles. The van der Waals surface area contributed by atoms with Gasteiger partial charge in [-0.05, 0) is 30.5 Å². The highest BCUT2D eigenvalue weighted by atomic mass is 35.5. The van der Waals surface area contributed by atoms with Crippen molar-refractivity contribution >= 4 is 17.5 Å². The number of carbonyl (C=O) groups is 1. The number of ether oxygens (including phenoxy) is 1. The second-order valence-electron chi connectivity index (χ2n) is 5.55. The van der Waals surface area contributed by atoms with Gasteiger partial charge in [-0.3, -0.25) is 4.79 Å². The van der Waals surface area contributed by atoms with Gasteiger partial charge in [0.25, 0.3) is 0 Å². The maximum Gasteiger partial charge on any atom is 0.224 e. The van der Waals surface area contributed by atoms with Crippen molar-refractivity contribution < 1.29 is 9.53 Å². The quantitative estimate of drug-likeness (QED) is 0.929. The highest BCUT2D eigenvalue weighted by molar-refractivity contribution is 6.30. The molecule has 2 N–H and O–H groups in total. The first-order chi connectivity index (χ1) is 9.65. The number of benzene rings is 1. The van der Waals surface area contributed by atoms with E-state index in [2.05, 4.69) is 0 Å². The Kier molecular flexibility index (Phi) is 3.96. The highest BCUT2D eigenvalue weighted by Gasteiger charge is 2.39. The van der Waals surface area contributed by atoms with Crippen molar-refractivity contribution in [3.05, 3.63) is 34.9 Å². The number of halogens is 1. The summed E-state index contributed by atoms with van der Waals surface area (Å²) in [7, 11) is 0. The largest absolute Gasteiger partial charge is 0.376 e. The number of hydrogen-bond acceptors (Lipinski definition) is 3. The second kappa shape index (κ2) is 5.72. The third kappa shape index (κ3) is 2.68. The summed E-state index contributed by atoms with van der Waals surface area (Å²) >= 11 is 5.93. The van der Waals surface area contributed by atoms with E-state index in [1.807, 2.05) is 29.2 Å². The minimum Gasteiger partial charge on any atom is -0.376 e. The molecule has 0 radical (unpaired) electrons. The Morgan fingerprint density at radius 1 is 1.35 bits per heavy atom. The predicted octanol–water partition coefficient (Wildman–Crippen LogP) is 2.12. The number of carbonyl (C=O) groups excluding carboxylic acids is 1. The van der Waals surface area contributed by atoms with Crippen LogP contribution in [0.25, 0.3) is 0 Å². The topological polar surface area (TPSA) is 55.6 Å². The Morgan fingerprint density at radius 3 is 2.75 bits per heavy atom. The molecule has 5 heteroatoms. The molecule has 0 bridgehead atoms. The van der Waals surface area contributed by atoms with Crippen LogP contribution in [0.5, 0.6) is 0 Å². The molecule has 20 heavy (non-hydrogen) atoms. The average molecular weight is 295 g/mol. The van der Waals surface area contributed by atoms with Crippen molar-refractivity contribution in [2.45, 2.75) is 37.5 Å². The van der Waals surface area contributed by atoms with Gasteiger partial charge < -0.3 is 15.4 Å². The van der Waals surface area contributed by atoms with Gasteiger partial charge in [-0.1, -0.05) is 23.7 Å². The number of nitrogens with zero attached hydrogens (tertiary/aromatic N) is 1. The van der Waals surface area contributed by atoms with Gasteiger partial charge in [0.2, 0.25) is 5.91 Å². The number of rotatable bonds is 3. The van der Waals surface area contributed by atoms with Gasteiger partial charge in [-0.15, -0.1) is 0 Å². The van der Waals surface area contributed by atoms with Crippen LogP contribution in [0.3, 0.4) is 0 Å². The molecule has 3 unspecified atom stereocenters. The Morgan fingerprint density at radius 2 is 2.10 bits per heavy atom. The molecule has 0 aromatic heterocycles. The molecule has 1 aromatic carbocycles. The summed E-state index contributed by atoms with van der Waals surface area (Å²) in [6, 6.07) is 7.36. The van der Waals surface area contributed by atoms with Crippen molar-refractivity contribution in [3.8, 4) is 0 Å². The lowest BCUT2D eigenvalue weighted by molar-refractivity contribution is -0.130. The second-order valence-corrected chi connectivity index (χ2v) is 5.98. The molecule has 1 amide bonds. The fourth-order valence-electron chi connectivity index (χ4n) is 3.13. The van der Waals surface area contributed by atoms with Crippen LogP contribution in [0.1, 0.15) is 30.9 Å². The smallest absolute Gasteiger partial charge is 0.224 e. The number of hydrogen-bond donors (Lipinski definition) is 1. The summed E-state index contributed by atoms with van der Waals surface area (Å²) in [4.78, 5) is 14.1. The van der Waals surface area contributed by atoms with Crippen molar-refractivity contribution in [2.24, 2.45) is 5.73 Å². The minimum absolute atomic E-state index is 0.0658. The Labute approximate surface area is 123 Å². The van der Waals surface area contributed by atoms with Crippen molar-refractivity contribution in [1.82, 2.24) is 4.90 Å². The zero-order valence-electron chi connectivity index (χ0n) is 11.3. The molecule has 2 saturated heterocycles. The molecule has 2 fully saturated rings. The van der Waals surface area contributed by atoms with Crippen LogP contribution in [0.4, 0.5) is 0 Å². The van der Waals surface area contributed by atoms with E-state index < -0.39 is 0 Å². The molecular weight excluding hydrogens is 276 g/mol. The summed E-state index contributed by atoms with van der Waals surface area (Å²) in [5.74, 6) is 0.118. The summed E-state index contributed by atoms with van der Waals surface area (Å²) in [6.45, 7) is 1.43. The van der Waals surface area contributed by atoms with Crippen LogP contribution in [-0.4, -0.2) is 36.1 Å². The van der Waals surface area contributed by atoms with E-state index in [4.69, 9.17) is 22.1 Å². The van der Waals surface area contributed by atoms with E-state index in [9.17, 15) is 4.79 Å². The van der Waals surface area contributed by atoms with E-state index in [1.54, 1.807) is 0 Å². The van der Waals surface area contributed by atoms with Gasteiger partial charge in [0.1, 0.15) is 0 Å². The fraction of sp³-hybridized carbons (Fsp3) is 0.533. The van der Waals surface area contributed by atoms with Crippen LogP contribution < -0.4 is 5.73 Å². The van der Waals surface area contributed by atoms with Gasteiger partial charge in [0.15, 0.2) is 0 Å². The zero-order chi connectivity index (χ0) is 14.1. The van der Waals surface area contributed by atoms with Gasteiger partial charge in [-0.2, -0.15) is 0 Å². The molecule has 108 valence electrons. The molecule has 0 saturated carbocycles. The molecule has 4 nitrogen and oxygen atoms in total. The fourth-order valence-corrected chi connectivity index (χ4v) is 3.25. The lowest BCUT2D eigenvalue weighted by Gasteiger charge is -2.29. The number of amides is 1. The molecule has 2 heterocycles. The Bertz CT molecular complexity index is 485. The maximum absolute atomic E-state index is 12.2. The van der Waals surface area contributed by atoms with E-state index in [0.29, 0.717) is 18.0 Å². The zero-order valence-corrected chi connectivity index (χ0v) is 12.1. The van der Waals surface area contributed by atoms with E-state index >= 15 is 0 Å². The summed E-state index contributed by atoms with van der Waals surface area (Å²) in [5, 5.41) is 0.692. The van der Waals surface area contributed by atoms with Crippen molar-refractivity contribution in [3.63, 3.8) is 0 Å². The predicted molar refractivity (Wildman–Crippen MR) is 77.5 cm³/mol. The van der Waals surface area contributed by atoms with Crippen molar-refractivity contribution in [2.75, 3.05) is 13.2 Å². The van der Waals surface area contributed by atoms with Gasteiger partial charge >= 0.3 is 0 Å². The summed E-state index contributed by atoms with van der Waals surface area (Å²) in [5.41, 5.74) is 7.21. The van der Waals surface area contributed by atoms with Crippen molar-refractivity contribution in [1.29, 1.82) is 0 Å². The molecule has 1 aromatic rings. The first-order valence-corrected chi connectivity index (χ1v) is 7.45. The molecule has 2 aliphatic heterocycles. The summed E-state index contributed by atoms with van der Waals surface area (Å²) < 4.78 is 5.65. The standard InChI is InChI=1S/C15H19ClN2O2/c16-11-5-3-10(4-6-11)15-13(17)8-14(19)18(15)9-12-2-1-7-20-12/h3-6,12-13,15H,1-2,7-9,17H2. The van der Waals surface area contributed by atoms with Crippen LogP contribution in [0.15, 0.2) is 24.3 Å². The van der Waals surface area contributed by atoms with Crippen LogP contribution in [-0.2, 0) is 9.53 Å². The van der Waals surface area contributed by atoms with Gasteiger partial charge in [-0.25, -0.2) is 0 Å². The Balaban J connectivity index is 1.81. The monoisotopic (exact) mass is 294 g/mol. The van der Waals surface area contributed by atoms with E-state index in [1.165, 1.54) is 0 Å². The lowest BCUT2D eigenvalue weighted by Crippen LogP contribution is -2.38. The maximum atomic E-state index is 12.2. The highest BCUT2D eigenvalue weighted by Crippen LogP contribution is 2.33. The SMILES string of the molecule is NC1CC(=O)N(CC2CCCO2)C1c1ccc(Cl)cc1. The van der Waals surface area contributed by atoms with E-state index in [0.717, 1.165) is 25.0 Å². The lowest BCUT2D eigenvalue weighted by atomic mass is 10.0. The summed E-state index contributed by atoms with van der Waals surface area (Å²) in [6.07, 6.45) is 2.65. The molecule has 0 spiro atoms. The van der Waals surface area contributed by atoms with Crippen LogP contribution in [0.2, 0.25) is 5.02 Å². The minimum atomic E-state index is -0.162. The first-order valence-electron chi connectivity index (χ1n) is 7.07. The molecule has 3 atom stereocenters. The number of nitrogens with two attached hydrogens (primary N) is 1. The van der Waals surface area contributed by atoms with Crippen LogP contribution >= 0.6 is 11.6 Å². The Hall–Kier alpha value is -1.10. The first kappa shape index (κ1) is 13.9. The number of likely N-dealkylation sites (tertiary alicyclic amines) is 1.